The van der Waals surface area contributed by atoms with E-state index < -0.39 is 0 Å². The molecule has 2 aromatic carbocycles. The number of benzene rings is 2. The molecule has 2 aromatic heterocycles. The molecule has 5 rings (SSSR count). The molecular formula is C19H17ClN6. The summed E-state index contributed by atoms with van der Waals surface area (Å²) < 4.78 is 2.25. The van der Waals surface area contributed by atoms with Gasteiger partial charge in [0.1, 0.15) is 5.82 Å². The minimum atomic E-state index is 0.232. The number of aromatic nitrogens is 5. The van der Waals surface area contributed by atoms with Crippen LogP contribution in [0.4, 0.5) is 5.82 Å². The van der Waals surface area contributed by atoms with Crippen molar-refractivity contribution in [3.63, 3.8) is 0 Å². The van der Waals surface area contributed by atoms with Crippen LogP contribution in [0.25, 0.3) is 22.3 Å². The lowest BCUT2D eigenvalue weighted by Crippen LogP contribution is -2.07. The molecule has 1 aliphatic rings. The number of halogens is 1. The third-order valence-corrected chi connectivity index (χ3v) is 5.28. The molecular weight excluding hydrogens is 348 g/mol. The maximum Gasteiger partial charge on any atom is 0.164 e. The summed E-state index contributed by atoms with van der Waals surface area (Å²) in [6.45, 7) is 0. The predicted octanol–water partition coefficient (Wildman–Crippen LogP) is 4.05. The van der Waals surface area contributed by atoms with Gasteiger partial charge in [0.15, 0.2) is 11.6 Å². The van der Waals surface area contributed by atoms with Crippen LogP contribution in [0.15, 0.2) is 42.5 Å². The topological polar surface area (TPSA) is 71.4 Å². The molecule has 1 unspecified atom stereocenters. The van der Waals surface area contributed by atoms with Crippen LogP contribution >= 0.6 is 11.6 Å². The summed E-state index contributed by atoms with van der Waals surface area (Å²) in [6.07, 6.45) is 1.95. The first-order chi connectivity index (χ1) is 12.7. The maximum atomic E-state index is 6.05. The highest BCUT2D eigenvalue weighted by Gasteiger charge is 2.29. The second-order valence-electron chi connectivity index (χ2n) is 6.50. The standard InChI is InChI=1S/C19H17ClN6/c1-21-18-14-10-12(4-7-15(14)22-24-18)19-25-23-17-9-8-16(26(17)19)11-2-5-13(20)6-3-11/h2-7,10,16H,8-9H2,1H3,(H2,21,22,24). The van der Waals surface area contributed by atoms with Crippen LogP contribution in [-0.4, -0.2) is 32.0 Å². The van der Waals surface area contributed by atoms with Crippen molar-refractivity contribution in [3.05, 3.63) is 58.9 Å². The van der Waals surface area contributed by atoms with Crippen molar-refractivity contribution in [3.8, 4) is 11.4 Å². The Morgan fingerprint density at radius 2 is 2.00 bits per heavy atom. The Morgan fingerprint density at radius 1 is 1.15 bits per heavy atom. The van der Waals surface area contributed by atoms with Crippen molar-refractivity contribution in [2.45, 2.75) is 18.9 Å². The zero-order valence-corrected chi connectivity index (χ0v) is 15.0. The third-order valence-electron chi connectivity index (χ3n) is 5.03. The number of rotatable bonds is 3. The number of H-pyrrole nitrogens is 1. The van der Waals surface area contributed by atoms with Gasteiger partial charge in [-0.2, -0.15) is 5.10 Å². The summed E-state index contributed by atoms with van der Waals surface area (Å²) >= 11 is 6.05. The van der Waals surface area contributed by atoms with Crippen LogP contribution in [0, 0.1) is 0 Å². The highest BCUT2D eigenvalue weighted by molar-refractivity contribution is 6.30. The fourth-order valence-electron chi connectivity index (χ4n) is 3.76. The molecule has 6 nitrogen and oxygen atoms in total. The van der Waals surface area contributed by atoms with Crippen LogP contribution in [-0.2, 0) is 6.42 Å². The first kappa shape index (κ1) is 15.4. The van der Waals surface area contributed by atoms with E-state index in [9.17, 15) is 0 Å². The van der Waals surface area contributed by atoms with Gasteiger partial charge >= 0.3 is 0 Å². The molecule has 4 aromatic rings. The molecule has 0 fully saturated rings. The molecule has 0 spiro atoms. The number of aromatic amines is 1. The normalized spacial score (nSPS) is 16.2. The average molecular weight is 365 g/mol. The zero-order valence-electron chi connectivity index (χ0n) is 14.2. The molecule has 0 saturated heterocycles. The van der Waals surface area contributed by atoms with Crippen molar-refractivity contribution in [1.82, 2.24) is 25.0 Å². The maximum absolute atomic E-state index is 6.05. The lowest BCUT2D eigenvalue weighted by Gasteiger charge is -2.16. The molecule has 0 bridgehead atoms. The van der Waals surface area contributed by atoms with Crippen LogP contribution < -0.4 is 5.32 Å². The molecule has 1 atom stereocenters. The predicted molar refractivity (Wildman–Crippen MR) is 103 cm³/mol. The lowest BCUT2D eigenvalue weighted by molar-refractivity contribution is 0.622. The second kappa shape index (κ2) is 5.85. The van der Waals surface area contributed by atoms with E-state index in [1.807, 2.05) is 25.2 Å². The highest BCUT2D eigenvalue weighted by atomic mass is 35.5. The SMILES string of the molecule is CNc1n[nH]c2ccc(-c3nnc4n3C(c3ccc(Cl)cc3)CC4)cc12. The van der Waals surface area contributed by atoms with Crippen LogP contribution in [0.5, 0.6) is 0 Å². The number of hydrogen-bond donors (Lipinski definition) is 2. The smallest absolute Gasteiger partial charge is 0.164 e. The van der Waals surface area contributed by atoms with Gasteiger partial charge in [0.05, 0.1) is 11.6 Å². The van der Waals surface area contributed by atoms with E-state index in [1.54, 1.807) is 0 Å². The Labute approximate surface area is 155 Å². The van der Waals surface area contributed by atoms with Gasteiger partial charge in [0.25, 0.3) is 0 Å². The number of anilines is 1. The number of hydrogen-bond acceptors (Lipinski definition) is 4. The molecule has 0 amide bonds. The Kier molecular flexibility index (Phi) is 3.46. The molecule has 2 N–H and O–H groups in total. The third kappa shape index (κ3) is 2.29. The monoisotopic (exact) mass is 364 g/mol. The first-order valence-corrected chi connectivity index (χ1v) is 8.98. The Hall–Kier alpha value is -2.86. The van der Waals surface area contributed by atoms with Crippen molar-refractivity contribution >= 4 is 28.3 Å². The molecule has 0 radical (unpaired) electrons. The van der Waals surface area contributed by atoms with Gasteiger partial charge in [-0.3, -0.25) is 5.10 Å². The summed E-state index contributed by atoms with van der Waals surface area (Å²) in [5.74, 6) is 2.75. The van der Waals surface area contributed by atoms with Gasteiger partial charge in [0.2, 0.25) is 0 Å². The van der Waals surface area contributed by atoms with Gasteiger partial charge in [-0.05, 0) is 42.3 Å². The first-order valence-electron chi connectivity index (χ1n) is 8.60. The van der Waals surface area contributed by atoms with E-state index in [2.05, 4.69) is 54.5 Å². The number of aryl methyl sites for hydroxylation is 1. The Bertz CT molecular complexity index is 1100. The van der Waals surface area contributed by atoms with E-state index in [1.165, 1.54) is 5.56 Å². The largest absolute Gasteiger partial charge is 0.371 e. The summed E-state index contributed by atoms with van der Waals surface area (Å²) in [7, 11) is 1.87. The number of nitrogens with zero attached hydrogens (tertiary/aromatic N) is 4. The summed E-state index contributed by atoms with van der Waals surface area (Å²) in [5, 5.41) is 21.1. The van der Waals surface area contributed by atoms with Crippen molar-refractivity contribution in [2.24, 2.45) is 0 Å². The molecule has 3 heterocycles. The minimum absolute atomic E-state index is 0.232. The number of fused-ring (bicyclic) bond motifs is 2. The molecule has 1 aliphatic heterocycles. The van der Waals surface area contributed by atoms with Gasteiger partial charge in [-0.25, -0.2) is 0 Å². The quantitative estimate of drug-likeness (QED) is 0.575. The number of nitrogens with one attached hydrogen (secondary N) is 2. The fraction of sp³-hybridized carbons (Fsp3) is 0.211. The van der Waals surface area contributed by atoms with E-state index >= 15 is 0 Å². The fourth-order valence-corrected chi connectivity index (χ4v) is 3.88. The van der Waals surface area contributed by atoms with Crippen LogP contribution in [0.3, 0.4) is 0 Å². The van der Waals surface area contributed by atoms with Crippen molar-refractivity contribution < 1.29 is 0 Å². The van der Waals surface area contributed by atoms with E-state index in [0.29, 0.717) is 0 Å². The molecule has 130 valence electrons. The summed E-state index contributed by atoms with van der Waals surface area (Å²) in [6, 6.07) is 14.5. The summed E-state index contributed by atoms with van der Waals surface area (Å²) in [5.41, 5.74) is 3.26. The van der Waals surface area contributed by atoms with E-state index in [4.69, 9.17) is 11.6 Å². The second-order valence-corrected chi connectivity index (χ2v) is 6.93. The van der Waals surface area contributed by atoms with Gasteiger partial charge < -0.3 is 9.88 Å². The molecule has 26 heavy (non-hydrogen) atoms. The Balaban J connectivity index is 1.63. The van der Waals surface area contributed by atoms with Gasteiger partial charge in [0, 0.05) is 29.4 Å². The molecule has 0 saturated carbocycles. The van der Waals surface area contributed by atoms with Gasteiger partial charge in [-0.1, -0.05) is 23.7 Å². The average Bonchev–Trinajstić information content (AvgIpc) is 3.36. The molecule has 0 aliphatic carbocycles. The zero-order chi connectivity index (χ0) is 17.7. The van der Waals surface area contributed by atoms with E-state index in [0.717, 1.165) is 51.8 Å². The minimum Gasteiger partial charge on any atom is -0.371 e. The lowest BCUT2D eigenvalue weighted by atomic mass is 10.0. The summed E-state index contributed by atoms with van der Waals surface area (Å²) in [4.78, 5) is 0. The van der Waals surface area contributed by atoms with E-state index in [-0.39, 0.29) is 6.04 Å². The van der Waals surface area contributed by atoms with Crippen molar-refractivity contribution in [2.75, 3.05) is 12.4 Å². The Morgan fingerprint density at radius 3 is 2.81 bits per heavy atom. The van der Waals surface area contributed by atoms with Crippen LogP contribution in [0.1, 0.15) is 23.9 Å². The molecule has 7 heteroatoms. The van der Waals surface area contributed by atoms with Crippen LogP contribution in [0.2, 0.25) is 5.02 Å². The van der Waals surface area contributed by atoms with Crippen molar-refractivity contribution in [1.29, 1.82) is 0 Å². The van der Waals surface area contributed by atoms with Gasteiger partial charge in [-0.15, -0.1) is 10.2 Å². The highest BCUT2D eigenvalue weighted by Crippen LogP contribution is 2.36.